The molecule has 8 heteroatoms. The molecule has 25 heavy (non-hydrogen) atoms. The number of hydrogen-bond acceptors (Lipinski definition) is 6. The second-order valence-corrected chi connectivity index (χ2v) is 9.89. The van der Waals surface area contributed by atoms with Crippen molar-refractivity contribution >= 4 is 25.8 Å². The number of hydrogen-bond donors (Lipinski definition) is 0. The minimum Gasteiger partial charge on any atom is -0.424 e. The van der Waals surface area contributed by atoms with Crippen LogP contribution in [0.25, 0.3) is 0 Å². The van der Waals surface area contributed by atoms with Gasteiger partial charge in [-0.1, -0.05) is 28.1 Å². The van der Waals surface area contributed by atoms with E-state index in [0.717, 1.165) is 22.9 Å². The summed E-state index contributed by atoms with van der Waals surface area (Å²) in [4.78, 5) is 0. The molecule has 2 fully saturated rings. The molecule has 0 spiro atoms. The fourth-order valence-electron chi connectivity index (χ4n) is 3.70. The predicted molar refractivity (Wildman–Crippen MR) is 95.3 cm³/mol. The molecule has 0 amide bonds. The van der Waals surface area contributed by atoms with Crippen molar-refractivity contribution in [2.24, 2.45) is 0 Å². The molecule has 1 aromatic heterocycles. The topological polar surface area (TPSA) is 82.3 Å². The molecule has 2 aliphatic heterocycles. The van der Waals surface area contributed by atoms with Crippen LogP contribution < -0.4 is 0 Å². The van der Waals surface area contributed by atoms with Crippen LogP contribution in [0.5, 0.6) is 0 Å². The van der Waals surface area contributed by atoms with Gasteiger partial charge in [0.15, 0.2) is 9.84 Å². The lowest BCUT2D eigenvalue weighted by Crippen LogP contribution is -2.35. The third-order valence-corrected chi connectivity index (χ3v) is 7.47. The molecule has 4 rings (SSSR count). The van der Waals surface area contributed by atoms with Gasteiger partial charge in [0.05, 0.1) is 22.8 Å². The van der Waals surface area contributed by atoms with Crippen LogP contribution in [0.3, 0.4) is 0 Å². The highest BCUT2D eigenvalue weighted by molar-refractivity contribution is 9.10. The molecule has 2 aromatic rings. The number of benzene rings is 1. The summed E-state index contributed by atoms with van der Waals surface area (Å²) in [5.74, 6) is 1.12. The van der Waals surface area contributed by atoms with Crippen molar-refractivity contribution < 1.29 is 17.6 Å². The SMILES string of the molecule is O=S1(=O)CC[C@H](c2nnc(C3(c4ccc(Br)cc4)CCOCC3)o2)C1. The lowest BCUT2D eigenvalue weighted by atomic mass is 9.74. The summed E-state index contributed by atoms with van der Waals surface area (Å²) in [5, 5.41) is 8.52. The van der Waals surface area contributed by atoms with Crippen molar-refractivity contribution in [3.05, 3.63) is 46.1 Å². The Morgan fingerprint density at radius 3 is 2.48 bits per heavy atom. The average molecular weight is 427 g/mol. The summed E-state index contributed by atoms with van der Waals surface area (Å²) < 4.78 is 36.1. The number of aromatic nitrogens is 2. The van der Waals surface area contributed by atoms with Crippen molar-refractivity contribution in [2.75, 3.05) is 24.7 Å². The van der Waals surface area contributed by atoms with E-state index in [0.29, 0.717) is 31.4 Å². The summed E-state index contributed by atoms with van der Waals surface area (Å²) in [5.41, 5.74) is 0.745. The Morgan fingerprint density at radius 2 is 1.84 bits per heavy atom. The maximum atomic E-state index is 11.7. The van der Waals surface area contributed by atoms with Crippen LogP contribution in [0.1, 0.15) is 42.5 Å². The molecule has 0 N–H and O–H groups in total. The van der Waals surface area contributed by atoms with E-state index in [1.165, 1.54) is 0 Å². The molecule has 0 aliphatic carbocycles. The minimum atomic E-state index is -2.98. The van der Waals surface area contributed by atoms with Crippen molar-refractivity contribution in [3.63, 3.8) is 0 Å². The van der Waals surface area contributed by atoms with E-state index in [4.69, 9.17) is 9.15 Å². The third-order valence-electron chi connectivity index (χ3n) is 5.17. The quantitative estimate of drug-likeness (QED) is 0.750. The Bertz CT molecular complexity index is 857. The molecule has 1 aromatic carbocycles. The Labute approximate surface area is 155 Å². The Balaban J connectivity index is 1.70. The first-order valence-corrected chi connectivity index (χ1v) is 11.0. The van der Waals surface area contributed by atoms with Crippen LogP contribution in [-0.2, 0) is 20.0 Å². The standard InChI is InChI=1S/C17H19BrN2O4S/c18-14-3-1-13(2-4-14)17(6-8-23-9-7-17)16-20-19-15(24-16)12-5-10-25(21,22)11-12/h1-4,12H,5-11H2/t12-/m0/s1. The van der Waals surface area contributed by atoms with Crippen molar-refractivity contribution in [1.29, 1.82) is 0 Å². The van der Waals surface area contributed by atoms with Gasteiger partial charge in [-0.05, 0) is 37.0 Å². The molecule has 6 nitrogen and oxygen atoms in total. The first kappa shape index (κ1) is 17.2. The largest absolute Gasteiger partial charge is 0.424 e. The van der Waals surface area contributed by atoms with Crippen molar-refractivity contribution in [3.8, 4) is 0 Å². The Kier molecular flexibility index (Phi) is 4.45. The molecular formula is C17H19BrN2O4S. The molecular weight excluding hydrogens is 408 g/mol. The van der Waals surface area contributed by atoms with Gasteiger partial charge >= 0.3 is 0 Å². The van der Waals surface area contributed by atoms with Gasteiger partial charge in [0.2, 0.25) is 11.8 Å². The number of sulfone groups is 1. The maximum absolute atomic E-state index is 11.7. The van der Waals surface area contributed by atoms with Gasteiger partial charge in [-0.15, -0.1) is 10.2 Å². The lowest BCUT2D eigenvalue weighted by Gasteiger charge is -2.34. The lowest BCUT2D eigenvalue weighted by molar-refractivity contribution is 0.0539. The van der Waals surface area contributed by atoms with E-state index in [2.05, 4.69) is 38.3 Å². The number of nitrogens with zero attached hydrogens (tertiary/aromatic N) is 2. The van der Waals surface area contributed by atoms with Gasteiger partial charge in [-0.2, -0.15) is 0 Å². The summed E-state index contributed by atoms with van der Waals surface area (Å²) in [7, 11) is -2.98. The van der Waals surface area contributed by atoms with Crippen LogP contribution in [0.2, 0.25) is 0 Å². The zero-order valence-electron chi connectivity index (χ0n) is 13.7. The molecule has 1 atom stereocenters. The summed E-state index contributed by atoms with van der Waals surface area (Å²) in [6.07, 6.45) is 2.08. The second kappa shape index (κ2) is 6.48. The Morgan fingerprint density at radius 1 is 1.12 bits per heavy atom. The van der Waals surface area contributed by atoms with E-state index in [-0.39, 0.29) is 22.8 Å². The van der Waals surface area contributed by atoms with Crippen LogP contribution >= 0.6 is 15.9 Å². The van der Waals surface area contributed by atoms with Crippen LogP contribution in [-0.4, -0.2) is 43.3 Å². The fraction of sp³-hybridized carbons (Fsp3) is 0.529. The molecule has 134 valence electrons. The molecule has 0 bridgehead atoms. The monoisotopic (exact) mass is 426 g/mol. The second-order valence-electron chi connectivity index (χ2n) is 6.75. The summed E-state index contributed by atoms with van der Waals surface area (Å²) >= 11 is 3.47. The minimum absolute atomic E-state index is 0.100. The van der Waals surface area contributed by atoms with E-state index < -0.39 is 9.84 Å². The zero-order chi connectivity index (χ0) is 17.5. The number of ether oxygens (including phenoxy) is 1. The average Bonchev–Trinajstić information content (AvgIpc) is 3.23. The predicted octanol–water partition coefficient (Wildman–Crippen LogP) is 2.83. The Hall–Kier alpha value is -1.25. The van der Waals surface area contributed by atoms with Crippen LogP contribution in [0.15, 0.2) is 33.2 Å². The fourth-order valence-corrected chi connectivity index (χ4v) is 5.69. The van der Waals surface area contributed by atoms with Gasteiger partial charge < -0.3 is 9.15 Å². The number of halogens is 1. The van der Waals surface area contributed by atoms with Gasteiger partial charge in [0.25, 0.3) is 0 Å². The molecule has 0 saturated carbocycles. The smallest absolute Gasteiger partial charge is 0.227 e. The van der Waals surface area contributed by atoms with E-state index in [1.54, 1.807) is 0 Å². The first-order chi connectivity index (χ1) is 12.0. The highest BCUT2D eigenvalue weighted by Gasteiger charge is 2.42. The van der Waals surface area contributed by atoms with Gasteiger partial charge in [0.1, 0.15) is 0 Å². The molecule has 0 radical (unpaired) electrons. The zero-order valence-corrected chi connectivity index (χ0v) is 16.1. The summed E-state index contributed by atoms with van der Waals surface area (Å²) in [6, 6.07) is 8.15. The van der Waals surface area contributed by atoms with Gasteiger partial charge in [0, 0.05) is 17.7 Å². The molecule has 3 heterocycles. The van der Waals surface area contributed by atoms with E-state index in [1.807, 2.05) is 12.1 Å². The van der Waals surface area contributed by atoms with Crippen LogP contribution in [0, 0.1) is 0 Å². The van der Waals surface area contributed by atoms with E-state index in [9.17, 15) is 8.42 Å². The van der Waals surface area contributed by atoms with Crippen molar-refractivity contribution in [2.45, 2.75) is 30.6 Å². The molecule has 2 saturated heterocycles. The summed E-state index contributed by atoms with van der Waals surface area (Å²) in [6.45, 7) is 1.26. The van der Waals surface area contributed by atoms with Gasteiger partial charge in [-0.25, -0.2) is 8.42 Å². The highest BCUT2D eigenvalue weighted by atomic mass is 79.9. The number of rotatable bonds is 3. The normalized spacial score (nSPS) is 25.1. The van der Waals surface area contributed by atoms with E-state index >= 15 is 0 Å². The first-order valence-electron chi connectivity index (χ1n) is 8.37. The van der Waals surface area contributed by atoms with Crippen molar-refractivity contribution in [1.82, 2.24) is 10.2 Å². The third kappa shape index (κ3) is 3.27. The molecule has 2 aliphatic rings. The molecule has 0 unspecified atom stereocenters. The highest BCUT2D eigenvalue weighted by Crippen LogP contribution is 2.42. The maximum Gasteiger partial charge on any atom is 0.227 e. The van der Waals surface area contributed by atoms with Gasteiger partial charge in [-0.3, -0.25) is 0 Å². The van der Waals surface area contributed by atoms with Crippen LogP contribution in [0.4, 0.5) is 0 Å².